The maximum Gasteiger partial charge on any atom is 0.277 e. The molecule has 3 aromatic rings. The van der Waals surface area contributed by atoms with Crippen molar-refractivity contribution in [1.82, 2.24) is 10.2 Å². The average Bonchev–Trinajstić information content (AvgIpc) is 3.18. The van der Waals surface area contributed by atoms with Crippen molar-refractivity contribution in [1.29, 1.82) is 0 Å². The van der Waals surface area contributed by atoms with Gasteiger partial charge in [0.1, 0.15) is 5.75 Å². The highest BCUT2D eigenvalue weighted by atomic mass is 35.5. The van der Waals surface area contributed by atoms with Crippen LogP contribution in [0.25, 0.3) is 0 Å². The smallest absolute Gasteiger partial charge is 0.277 e. The first-order valence-corrected chi connectivity index (χ1v) is 10.7. The van der Waals surface area contributed by atoms with Gasteiger partial charge in [-0.3, -0.25) is 4.79 Å². The van der Waals surface area contributed by atoms with E-state index in [0.29, 0.717) is 15.8 Å². The molecule has 2 aromatic carbocycles. The molecule has 1 N–H and O–H groups in total. The number of benzene rings is 2. The maximum atomic E-state index is 12.2. The van der Waals surface area contributed by atoms with Crippen LogP contribution in [0.4, 0.5) is 5.69 Å². The molecular formula is C20H19Cl2N3O3S. The molecule has 9 heteroatoms. The standard InChI is InChI=1S/C20H19Cl2N3O3S/c1-3-13-6-4-5-7-16(13)23-18(26)11-29-20-25-24-19(28-20)12(2)27-17-9-8-14(21)10-15(17)22/h4-10,12H,3,11H2,1-2H3,(H,23,26)/t12-/m1/s1. The summed E-state index contributed by atoms with van der Waals surface area (Å²) in [6.45, 7) is 3.81. The molecule has 152 valence electrons. The lowest BCUT2D eigenvalue weighted by Crippen LogP contribution is -2.15. The van der Waals surface area contributed by atoms with Crippen LogP contribution in [-0.4, -0.2) is 21.9 Å². The summed E-state index contributed by atoms with van der Waals surface area (Å²) in [5.74, 6) is 0.755. The largest absolute Gasteiger partial charge is 0.479 e. The van der Waals surface area contributed by atoms with Gasteiger partial charge >= 0.3 is 0 Å². The summed E-state index contributed by atoms with van der Waals surface area (Å²) in [7, 11) is 0. The first-order chi connectivity index (χ1) is 14.0. The molecule has 6 nitrogen and oxygen atoms in total. The third-order valence-electron chi connectivity index (χ3n) is 3.97. The second-order valence-corrected chi connectivity index (χ2v) is 7.86. The number of carbonyl (C=O) groups excluding carboxylic acids is 1. The molecule has 0 aliphatic carbocycles. The Morgan fingerprint density at radius 3 is 2.79 bits per heavy atom. The van der Waals surface area contributed by atoms with E-state index >= 15 is 0 Å². The van der Waals surface area contributed by atoms with Gasteiger partial charge in [0.2, 0.25) is 5.91 Å². The molecule has 1 amide bonds. The summed E-state index contributed by atoms with van der Waals surface area (Å²) in [5.41, 5.74) is 1.89. The van der Waals surface area contributed by atoms with E-state index in [4.69, 9.17) is 32.4 Å². The Kier molecular flexibility index (Phi) is 7.41. The molecule has 0 spiro atoms. The third kappa shape index (κ3) is 5.88. The van der Waals surface area contributed by atoms with Gasteiger partial charge in [-0.15, -0.1) is 10.2 Å². The maximum absolute atomic E-state index is 12.2. The number of thioether (sulfide) groups is 1. The monoisotopic (exact) mass is 451 g/mol. The van der Waals surface area contributed by atoms with Crippen molar-refractivity contribution in [3.8, 4) is 5.75 Å². The number of aromatic nitrogens is 2. The Labute approximate surface area is 182 Å². The van der Waals surface area contributed by atoms with Crippen LogP contribution in [0.1, 0.15) is 31.4 Å². The van der Waals surface area contributed by atoms with Gasteiger partial charge in [-0.25, -0.2) is 0 Å². The van der Waals surface area contributed by atoms with Gasteiger partial charge in [-0.05, 0) is 43.2 Å². The Morgan fingerprint density at radius 2 is 2.03 bits per heavy atom. The number of anilines is 1. The van der Waals surface area contributed by atoms with Crippen molar-refractivity contribution in [3.05, 3.63) is 64.0 Å². The SMILES string of the molecule is CCc1ccccc1NC(=O)CSc1nnc([C@@H](C)Oc2ccc(Cl)cc2Cl)o1. The molecule has 1 heterocycles. The van der Waals surface area contributed by atoms with Gasteiger partial charge in [0.25, 0.3) is 11.1 Å². The van der Waals surface area contributed by atoms with Gasteiger partial charge in [0.15, 0.2) is 6.10 Å². The van der Waals surface area contributed by atoms with E-state index in [-0.39, 0.29) is 22.8 Å². The Hall–Kier alpha value is -2.22. The van der Waals surface area contributed by atoms with Gasteiger partial charge in [-0.2, -0.15) is 0 Å². The minimum atomic E-state index is -0.513. The third-order valence-corrected chi connectivity index (χ3v) is 5.32. The van der Waals surface area contributed by atoms with Crippen LogP contribution in [-0.2, 0) is 11.2 Å². The normalized spacial score (nSPS) is 11.9. The molecule has 0 bridgehead atoms. The summed E-state index contributed by atoms with van der Waals surface area (Å²) in [6, 6.07) is 12.7. The van der Waals surface area contributed by atoms with Crippen LogP contribution in [0, 0.1) is 0 Å². The molecule has 0 unspecified atom stereocenters. The molecule has 0 radical (unpaired) electrons. The minimum Gasteiger partial charge on any atom is -0.479 e. The summed E-state index contributed by atoms with van der Waals surface area (Å²) >= 11 is 13.2. The van der Waals surface area contributed by atoms with Crippen LogP contribution >= 0.6 is 35.0 Å². The Bertz CT molecular complexity index is 997. The van der Waals surface area contributed by atoms with E-state index in [1.807, 2.05) is 31.2 Å². The Balaban J connectivity index is 1.55. The van der Waals surface area contributed by atoms with Gasteiger partial charge < -0.3 is 14.5 Å². The first kappa shape index (κ1) is 21.5. The van der Waals surface area contributed by atoms with Gasteiger partial charge in [-0.1, -0.05) is 60.1 Å². The average molecular weight is 452 g/mol. The predicted molar refractivity (Wildman–Crippen MR) is 115 cm³/mol. The number of amides is 1. The number of hydrogen-bond acceptors (Lipinski definition) is 6. The zero-order valence-electron chi connectivity index (χ0n) is 15.8. The van der Waals surface area contributed by atoms with Crippen molar-refractivity contribution in [2.45, 2.75) is 31.6 Å². The highest BCUT2D eigenvalue weighted by molar-refractivity contribution is 7.99. The first-order valence-electron chi connectivity index (χ1n) is 8.92. The number of carbonyl (C=O) groups is 1. The lowest BCUT2D eigenvalue weighted by Gasteiger charge is -2.12. The van der Waals surface area contributed by atoms with E-state index in [9.17, 15) is 4.79 Å². The van der Waals surface area contributed by atoms with Crippen LogP contribution in [0.3, 0.4) is 0 Å². The Morgan fingerprint density at radius 1 is 1.24 bits per heavy atom. The molecule has 0 aliphatic heterocycles. The summed E-state index contributed by atoms with van der Waals surface area (Å²) in [6.07, 6.45) is 0.326. The van der Waals surface area contributed by atoms with Crippen molar-refractivity contribution in [3.63, 3.8) is 0 Å². The molecule has 0 saturated heterocycles. The van der Waals surface area contributed by atoms with Gasteiger partial charge in [0, 0.05) is 10.7 Å². The number of halogens is 2. The molecule has 29 heavy (non-hydrogen) atoms. The van der Waals surface area contributed by atoms with Crippen molar-refractivity contribution in [2.75, 3.05) is 11.1 Å². The zero-order chi connectivity index (χ0) is 20.8. The number of ether oxygens (including phenoxy) is 1. The number of nitrogens with zero attached hydrogens (tertiary/aromatic N) is 2. The van der Waals surface area contributed by atoms with E-state index in [2.05, 4.69) is 15.5 Å². The molecule has 0 aliphatic rings. The molecular weight excluding hydrogens is 433 g/mol. The lowest BCUT2D eigenvalue weighted by molar-refractivity contribution is -0.113. The fraction of sp³-hybridized carbons (Fsp3) is 0.250. The van der Waals surface area contributed by atoms with Crippen LogP contribution < -0.4 is 10.1 Å². The molecule has 0 fully saturated rings. The number of nitrogens with one attached hydrogen (secondary N) is 1. The van der Waals surface area contributed by atoms with Crippen molar-refractivity contribution < 1.29 is 13.9 Å². The van der Waals surface area contributed by atoms with Crippen molar-refractivity contribution in [2.24, 2.45) is 0 Å². The minimum absolute atomic E-state index is 0.145. The highest BCUT2D eigenvalue weighted by Crippen LogP contribution is 2.31. The molecule has 0 saturated carbocycles. The number of aryl methyl sites for hydroxylation is 1. The van der Waals surface area contributed by atoms with E-state index in [0.717, 1.165) is 29.4 Å². The quantitative estimate of drug-likeness (QED) is 0.435. The van der Waals surface area contributed by atoms with E-state index in [1.165, 1.54) is 0 Å². The highest BCUT2D eigenvalue weighted by Gasteiger charge is 2.18. The van der Waals surface area contributed by atoms with Gasteiger partial charge in [0.05, 0.1) is 10.8 Å². The number of rotatable bonds is 8. The topological polar surface area (TPSA) is 77.2 Å². The van der Waals surface area contributed by atoms with E-state index < -0.39 is 6.10 Å². The van der Waals surface area contributed by atoms with Crippen LogP contribution in [0.2, 0.25) is 10.0 Å². The molecule has 1 aromatic heterocycles. The van der Waals surface area contributed by atoms with E-state index in [1.54, 1.807) is 25.1 Å². The summed E-state index contributed by atoms with van der Waals surface area (Å²) in [4.78, 5) is 12.2. The van der Waals surface area contributed by atoms with Crippen molar-refractivity contribution >= 4 is 46.6 Å². The predicted octanol–water partition coefficient (Wildman–Crippen LogP) is 5.81. The second kappa shape index (κ2) is 10.0. The lowest BCUT2D eigenvalue weighted by atomic mass is 10.1. The zero-order valence-corrected chi connectivity index (χ0v) is 18.1. The van der Waals surface area contributed by atoms with Crippen LogP contribution in [0.15, 0.2) is 52.1 Å². The molecule has 1 atom stereocenters. The molecule has 3 rings (SSSR count). The number of para-hydroxylation sites is 1. The fourth-order valence-corrected chi connectivity index (χ4v) is 3.54. The summed E-state index contributed by atoms with van der Waals surface area (Å²) < 4.78 is 11.3. The fourth-order valence-electron chi connectivity index (χ4n) is 2.52. The second-order valence-electron chi connectivity index (χ2n) is 6.09. The number of hydrogen-bond donors (Lipinski definition) is 1. The summed E-state index contributed by atoms with van der Waals surface area (Å²) in [5, 5.41) is 12.1. The van der Waals surface area contributed by atoms with Crippen LogP contribution in [0.5, 0.6) is 5.75 Å².